The molecule has 1 saturated carbocycles. The Balaban J connectivity index is 1.77. The van der Waals surface area contributed by atoms with Gasteiger partial charge in [-0.15, -0.1) is 0 Å². The van der Waals surface area contributed by atoms with Gasteiger partial charge in [0.15, 0.2) is 5.96 Å². The van der Waals surface area contributed by atoms with E-state index in [0.717, 1.165) is 83.8 Å². The zero-order valence-corrected chi connectivity index (χ0v) is 17.4. The molecule has 2 aliphatic rings. The van der Waals surface area contributed by atoms with Crippen LogP contribution in [-0.2, 0) is 14.3 Å². The molecule has 7 heteroatoms. The fraction of sp³-hybridized carbons (Fsp3) is 0.900. The van der Waals surface area contributed by atoms with Crippen molar-refractivity contribution in [2.24, 2.45) is 10.4 Å². The molecule has 0 spiro atoms. The third kappa shape index (κ3) is 6.96. The molecule has 0 aromatic carbocycles. The summed E-state index contributed by atoms with van der Waals surface area (Å²) in [6, 6.07) is 0. The van der Waals surface area contributed by atoms with Gasteiger partial charge in [0.05, 0.1) is 18.1 Å². The molecule has 7 nitrogen and oxygen atoms in total. The van der Waals surface area contributed by atoms with Crippen LogP contribution >= 0.6 is 0 Å². The van der Waals surface area contributed by atoms with Crippen LogP contribution in [0.4, 0.5) is 0 Å². The number of ether oxygens (including phenoxy) is 2. The number of hydrogen-bond acceptors (Lipinski definition) is 4. The number of aliphatic imine (C=N–C) groups is 1. The molecule has 2 fully saturated rings. The number of amides is 1. The third-order valence-corrected chi connectivity index (χ3v) is 5.44. The van der Waals surface area contributed by atoms with E-state index in [-0.39, 0.29) is 11.3 Å². The van der Waals surface area contributed by atoms with Crippen LogP contribution in [0.1, 0.15) is 51.9 Å². The summed E-state index contributed by atoms with van der Waals surface area (Å²) in [7, 11) is 3.68. The first kappa shape index (κ1) is 22.0. The average molecular weight is 383 g/mol. The topological polar surface area (TPSA) is 75.2 Å². The highest BCUT2D eigenvalue weighted by Gasteiger charge is 2.42. The van der Waals surface area contributed by atoms with Crippen LogP contribution in [0.15, 0.2) is 4.99 Å². The van der Waals surface area contributed by atoms with Crippen molar-refractivity contribution in [1.29, 1.82) is 0 Å². The van der Waals surface area contributed by atoms with Gasteiger partial charge in [0, 0.05) is 47.0 Å². The average Bonchev–Trinajstić information content (AvgIpc) is 3.16. The quantitative estimate of drug-likeness (QED) is 0.361. The van der Waals surface area contributed by atoms with E-state index in [1.165, 1.54) is 0 Å². The maximum atomic E-state index is 12.7. The highest BCUT2D eigenvalue weighted by atomic mass is 16.5. The summed E-state index contributed by atoms with van der Waals surface area (Å²) >= 11 is 0. The summed E-state index contributed by atoms with van der Waals surface area (Å²) in [5, 5.41) is 6.67. The number of nitrogens with one attached hydrogen (secondary N) is 2. The minimum absolute atomic E-state index is 0.212. The van der Waals surface area contributed by atoms with Gasteiger partial charge in [-0.05, 0) is 39.0 Å². The van der Waals surface area contributed by atoms with Gasteiger partial charge in [-0.25, -0.2) is 0 Å². The van der Waals surface area contributed by atoms with Crippen LogP contribution in [-0.4, -0.2) is 76.4 Å². The second-order valence-electron chi connectivity index (χ2n) is 7.85. The van der Waals surface area contributed by atoms with Gasteiger partial charge in [-0.1, -0.05) is 12.8 Å². The van der Waals surface area contributed by atoms with Crippen molar-refractivity contribution >= 4 is 11.9 Å². The molecule has 2 N–H and O–H groups in total. The molecular formula is C20H38N4O3. The number of hydrogen-bond donors (Lipinski definition) is 2. The van der Waals surface area contributed by atoms with Crippen molar-refractivity contribution < 1.29 is 14.3 Å². The fourth-order valence-corrected chi connectivity index (χ4v) is 3.91. The summed E-state index contributed by atoms with van der Waals surface area (Å²) in [6.07, 6.45) is 7.38. The monoisotopic (exact) mass is 382 g/mol. The Morgan fingerprint density at radius 3 is 2.56 bits per heavy atom. The van der Waals surface area contributed by atoms with Gasteiger partial charge in [0.1, 0.15) is 0 Å². The van der Waals surface area contributed by atoms with Crippen LogP contribution in [0, 0.1) is 5.41 Å². The van der Waals surface area contributed by atoms with Crippen molar-refractivity contribution in [3.05, 3.63) is 0 Å². The Kier molecular flexibility index (Phi) is 9.34. The van der Waals surface area contributed by atoms with Gasteiger partial charge in [-0.3, -0.25) is 9.79 Å². The standard InChI is InChI=1S/C20H38N4O3/c1-4-21-19(22-12-7-13-27-17-8-14-26-15-9-17)23-16-20(10-5-6-11-20)18(25)24(2)3/h17H,4-16H2,1-3H3,(H2,21,22,23). The molecule has 1 heterocycles. The van der Waals surface area contributed by atoms with E-state index in [1.807, 2.05) is 14.1 Å². The highest BCUT2D eigenvalue weighted by molar-refractivity contribution is 5.84. The number of carbonyl (C=O) groups is 1. The third-order valence-electron chi connectivity index (χ3n) is 5.44. The maximum Gasteiger partial charge on any atom is 0.230 e. The first-order valence-corrected chi connectivity index (χ1v) is 10.5. The molecule has 0 unspecified atom stereocenters. The predicted octanol–water partition coefficient (Wildman–Crippen LogP) is 1.78. The molecule has 156 valence electrons. The second-order valence-corrected chi connectivity index (χ2v) is 7.85. The van der Waals surface area contributed by atoms with Crippen molar-refractivity contribution in [3.63, 3.8) is 0 Å². The molecule has 2 rings (SSSR count). The largest absolute Gasteiger partial charge is 0.381 e. The SMILES string of the molecule is CCNC(=NCC1(C(=O)N(C)C)CCCC1)NCCCOC1CCOCC1. The summed E-state index contributed by atoms with van der Waals surface area (Å²) in [5.41, 5.74) is -0.321. The molecule has 1 saturated heterocycles. The van der Waals surface area contributed by atoms with Gasteiger partial charge < -0.3 is 25.0 Å². The molecular weight excluding hydrogens is 344 g/mol. The zero-order valence-electron chi connectivity index (χ0n) is 17.4. The lowest BCUT2D eigenvalue weighted by molar-refractivity contribution is -0.138. The lowest BCUT2D eigenvalue weighted by atomic mass is 9.85. The highest BCUT2D eigenvalue weighted by Crippen LogP contribution is 2.39. The Morgan fingerprint density at radius 2 is 1.93 bits per heavy atom. The van der Waals surface area contributed by atoms with E-state index < -0.39 is 0 Å². The molecule has 0 aromatic heterocycles. The predicted molar refractivity (Wildman–Crippen MR) is 108 cm³/mol. The van der Waals surface area contributed by atoms with Crippen molar-refractivity contribution in [2.45, 2.75) is 58.0 Å². The minimum Gasteiger partial charge on any atom is -0.381 e. The number of nitrogens with zero attached hydrogens (tertiary/aromatic N) is 2. The van der Waals surface area contributed by atoms with Crippen LogP contribution in [0.2, 0.25) is 0 Å². The Morgan fingerprint density at radius 1 is 1.22 bits per heavy atom. The van der Waals surface area contributed by atoms with E-state index in [2.05, 4.69) is 17.6 Å². The Labute approximate surface area is 164 Å². The van der Waals surface area contributed by atoms with E-state index in [0.29, 0.717) is 12.6 Å². The van der Waals surface area contributed by atoms with Gasteiger partial charge in [-0.2, -0.15) is 0 Å². The molecule has 0 atom stereocenters. The maximum absolute atomic E-state index is 12.7. The summed E-state index contributed by atoms with van der Waals surface area (Å²) < 4.78 is 11.3. The number of guanidine groups is 1. The minimum atomic E-state index is -0.321. The van der Waals surface area contributed by atoms with Crippen LogP contribution in [0.3, 0.4) is 0 Å². The smallest absolute Gasteiger partial charge is 0.230 e. The Hall–Kier alpha value is -1.34. The Bertz CT molecular complexity index is 470. The van der Waals surface area contributed by atoms with Crippen molar-refractivity contribution in [3.8, 4) is 0 Å². The first-order valence-electron chi connectivity index (χ1n) is 10.5. The van der Waals surface area contributed by atoms with E-state index in [4.69, 9.17) is 14.5 Å². The lowest BCUT2D eigenvalue weighted by Crippen LogP contribution is -2.43. The normalized spacial score (nSPS) is 20.5. The summed E-state index contributed by atoms with van der Waals surface area (Å²) in [4.78, 5) is 19.1. The number of carbonyl (C=O) groups excluding carboxylic acids is 1. The molecule has 0 bridgehead atoms. The fourth-order valence-electron chi connectivity index (χ4n) is 3.91. The second kappa shape index (κ2) is 11.5. The molecule has 1 amide bonds. The lowest BCUT2D eigenvalue weighted by Gasteiger charge is -2.29. The van der Waals surface area contributed by atoms with Crippen LogP contribution in [0.5, 0.6) is 0 Å². The van der Waals surface area contributed by atoms with E-state index in [9.17, 15) is 4.79 Å². The van der Waals surface area contributed by atoms with Crippen molar-refractivity contribution in [1.82, 2.24) is 15.5 Å². The number of rotatable bonds is 9. The van der Waals surface area contributed by atoms with Crippen LogP contribution in [0.25, 0.3) is 0 Å². The molecule has 27 heavy (non-hydrogen) atoms. The zero-order chi connectivity index (χ0) is 19.5. The molecule has 1 aliphatic heterocycles. The van der Waals surface area contributed by atoms with Gasteiger partial charge in [0.2, 0.25) is 5.91 Å². The van der Waals surface area contributed by atoms with Gasteiger partial charge in [0.25, 0.3) is 0 Å². The molecule has 0 aromatic rings. The molecule has 1 aliphatic carbocycles. The van der Waals surface area contributed by atoms with E-state index in [1.54, 1.807) is 4.90 Å². The van der Waals surface area contributed by atoms with Crippen LogP contribution < -0.4 is 10.6 Å². The molecule has 0 radical (unpaired) electrons. The van der Waals surface area contributed by atoms with Gasteiger partial charge >= 0.3 is 0 Å². The summed E-state index contributed by atoms with van der Waals surface area (Å²) in [5.74, 6) is 1.01. The summed E-state index contributed by atoms with van der Waals surface area (Å²) in [6.45, 7) is 6.60. The first-order chi connectivity index (χ1) is 13.1. The van der Waals surface area contributed by atoms with Crippen molar-refractivity contribution in [2.75, 3.05) is 53.6 Å². The van der Waals surface area contributed by atoms with E-state index >= 15 is 0 Å².